The van der Waals surface area contributed by atoms with Gasteiger partial charge in [-0.1, -0.05) is 37.1 Å². The number of hydrogen-bond acceptors (Lipinski definition) is 3. The van der Waals surface area contributed by atoms with Crippen LogP contribution in [-0.4, -0.2) is 36.7 Å². The van der Waals surface area contributed by atoms with Gasteiger partial charge in [-0.3, -0.25) is 4.90 Å². The minimum atomic E-state index is 0.481. The van der Waals surface area contributed by atoms with Gasteiger partial charge in [-0.25, -0.2) is 0 Å². The fourth-order valence-electron chi connectivity index (χ4n) is 3.59. The molecule has 1 heterocycles. The van der Waals surface area contributed by atoms with E-state index in [9.17, 15) is 0 Å². The van der Waals surface area contributed by atoms with E-state index in [1.54, 1.807) is 0 Å². The lowest BCUT2D eigenvalue weighted by Crippen LogP contribution is -2.52. The molecule has 2 fully saturated rings. The van der Waals surface area contributed by atoms with Crippen molar-refractivity contribution in [3.63, 3.8) is 0 Å². The second-order valence-corrected chi connectivity index (χ2v) is 6.09. The van der Waals surface area contributed by atoms with Crippen LogP contribution < -0.4 is 5.73 Å². The summed E-state index contributed by atoms with van der Waals surface area (Å²) >= 11 is 0. The molecule has 0 spiro atoms. The van der Waals surface area contributed by atoms with Gasteiger partial charge in [0.05, 0.1) is 12.7 Å². The Morgan fingerprint density at radius 3 is 2.65 bits per heavy atom. The SMILES string of the molecule is NCCc1ccc(CN2CCOC3CCCCC32)cc1. The predicted molar refractivity (Wildman–Crippen MR) is 81.6 cm³/mol. The number of benzene rings is 1. The first-order chi connectivity index (χ1) is 9.86. The van der Waals surface area contributed by atoms with Crippen molar-refractivity contribution in [2.45, 2.75) is 50.8 Å². The zero-order valence-corrected chi connectivity index (χ0v) is 12.3. The number of morpholine rings is 1. The molecule has 3 nitrogen and oxygen atoms in total. The van der Waals surface area contributed by atoms with Crippen LogP contribution in [0.5, 0.6) is 0 Å². The van der Waals surface area contributed by atoms with Crippen LogP contribution in [0.3, 0.4) is 0 Å². The molecule has 20 heavy (non-hydrogen) atoms. The zero-order valence-electron chi connectivity index (χ0n) is 12.3. The molecule has 1 saturated heterocycles. The van der Waals surface area contributed by atoms with Crippen LogP contribution in [0.25, 0.3) is 0 Å². The number of nitrogens with zero attached hydrogens (tertiary/aromatic N) is 1. The van der Waals surface area contributed by atoms with Gasteiger partial charge in [0.25, 0.3) is 0 Å². The van der Waals surface area contributed by atoms with E-state index in [4.69, 9.17) is 10.5 Å². The molecular formula is C17H26N2O. The van der Waals surface area contributed by atoms with Crippen LogP contribution in [-0.2, 0) is 17.7 Å². The maximum Gasteiger partial charge on any atom is 0.0731 e. The summed E-state index contributed by atoms with van der Waals surface area (Å²) in [7, 11) is 0. The Labute approximate surface area is 122 Å². The molecule has 1 aliphatic carbocycles. The highest BCUT2D eigenvalue weighted by Gasteiger charge is 2.33. The van der Waals surface area contributed by atoms with E-state index < -0.39 is 0 Å². The highest BCUT2D eigenvalue weighted by molar-refractivity contribution is 5.23. The van der Waals surface area contributed by atoms with Gasteiger partial charge in [0.1, 0.15) is 0 Å². The molecule has 0 amide bonds. The third kappa shape index (κ3) is 3.22. The van der Waals surface area contributed by atoms with Crippen molar-refractivity contribution in [1.29, 1.82) is 0 Å². The molecule has 0 bridgehead atoms. The summed E-state index contributed by atoms with van der Waals surface area (Å²) in [4.78, 5) is 2.63. The normalized spacial score (nSPS) is 27.2. The van der Waals surface area contributed by atoms with E-state index in [0.717, 1.165) is 32.7 Å². The van der Waals surface area contributed by atoms with Crippen LogP contribution in [0.15, 0.2) is 24.3 Å². The summed E-state index contributed by atoms with van der Waals surface area (Å²) in [6, 6.07) is 9.61. The second-order valence-electron chi connectivity index (χ2n) is 6.09. The lowest BCUT2D eigenvalue weighted by molar-refractivity contribution is -0.0911. The Morgan fingerprint density at radius 1 is 1.10 bits per heavy atom. The summed E-state index contributed by atoms with van der Waals surface area (Å²) in [6.07, 6.45) is 6.70. The molecule has 3 rings (SSSR count). The van der Waals surface area contributed by atoms with Crippen molar-refractivity contribution in [1.82, 2.24) is 4.90 Å². The number of hydrogen-bond donors (Lipinski definition) is 1. The summed E-state index contributed by atoms with van der Waals surface area (Å²) in [5.74, 6) is 0. The largest absolute Gasteiger partial charge is 0.375 e. The van der Waals surface area contributed by atoms with Crippen molar-refractivity contribution in [2.75, 3.05) is 19.7 Å². The maximum atomic E-state index is 5.95. The molecule has 0 radical (unpaired) electrons. The van der Waals surface area contributed by atoms with Crippen molar-refractivity contribution in [3.8, 4) is 0 Å². The van der Waals surface area contributed by atoms with E-state index in [1.807, 2.05) is 0 Å². The standard InChI is InChI=1S/C17H26N2O/c18-10-9-14-5-7-15(8-6-14)13-19-11-12-20-17-4-2-1-3-16(17)19/h5-8,16-17H,1-4,9-13,18H2. The fourth-order valence-corrected chi connectivity index (χ4v) is 3.59. The number of ether oxygens (including phenoxy) is 1. The molecule has 2 atom stereocenters. The summed E-state index contributed by atoms with van der Waals surface area (Å²) < 4.78 is 5.95. The predicted octanol–water partition coefficient (Wildman–Crippen LogP) is 2.33. The topological polar surface area (TPSA) is 38.5 Å². The Hall–Kier alpha value is -0.900. The van der Waals surface area contributed by atoms with E-state index >= 15 is 0 Å². The second kappa shape index (κ2) is 6.70. The van der Waals surface area contributed by atoms with Crippen molar-refractivity contribution in [3.05, 3.63) is 35.4 Å². The minimum absolute atomic E-state index is 0.481. The van der Waals surface area contributed by atoms with E-state index in [0.29, 0.717) is 12.1 Å². The van der Waals surface area contributed by atoms with Crippen molar-refractivity contribution >= 4 is 0 Å². The van der Waals surface area contributed by atoms with Gasteiger partial charge in [0.15, 0.2) is 0 Å². The van der Waals surface area contributed by atoms with Gasteiger partial charge in [-0.05, 0) is 36.9 Å². The van der Waals surface area contributed by atoms with E-state index in [-0.39, 0.29) is 0 Å². The van der Waals surface area contributed by atoms with Gasteiger partial charge in [-0.2, -0.15) is 0 Å². The molecule has 2 aliphatic rings. The van der Waals surface area contributed by atoms with E-state index in [1.165, 1.54) is 36.8 Å². The summed E-state index contributed by atoms with van der Waals surface area (Å²) in [5, 5.41) is 0. The van der Waals surface area contributed by atoms with Crippen LogP contribution in [0.2, 0.25) is 0 Å². The molecule has 1 aromatic rings. The number of rotatable bonds is 4. The van der Waals surface area contributed by atoms with Crippen molar-refractivity contribution < 1.29 is 4.74 Å². The zero-order chi connectivity index (χ0) is 13.8. The first-order valence-corrected chi connectivity index (χ1v) is 8.00. The average molecular weight is 274 g/mol. The molecule has 1 aromatic carbocycles. The average Bonchev–Trinajstić information content (AvgIpc) is 2.50. The van der Waals surface area contributed by atoms with Gasteiger partial charge in [0.2, 0.25) is 0 Å². The lowest BCUT2D eigenvalue weighted by Gasteiger charge is -2.43. The maximum absolute atomic E-state index is 5.95. The highest BCUT2D eigenvalue weighted by Crippen LogP contribution is 2.29. The van der Waals surface area contributed by atoms with E-state index in [2.05, 4.69) is 29.2 Å². The molecular weight excluding hydrogens is 248 g/mol. The molecule has 3 heteroatoms. The van der Waals surface area contributed by atoms with Crippen LogP contribution in [0, 0.1) is 0 Å². The molecule has 2 unspecified atom stereocenters. The monoisotopic (exact) mass is 274 g/mol. The quantitative estimate of drug-likeness (QED) is 0.916. The first kappa shape index (κ1) is 14.1. The number of nitrogens with two attached hydrogens (primary N) is 1. The highest BCUT2D eigenvalue weighted by atomic mass is 16.5. The van der Waals surface area contributed by atoms with Gasteiger partial charge in [0, 0.05) is 19.1 Å². The Balaban J connectivity index is 1.63. The molecule has 1 saturated carbocycles. The minimum Gasteiger partial charge on any atom is -0.375 e. The van der Waals surface area contributed by atoms with Crippen molar-refractivity contribution in [2.24, 2.45) is 5.73 Å². The molecule has 1 aliphatic heterocycles. The van der Waals surface area contributed by atoms with Crippen LogP contribution >= 0.6 is 0 Å². The Bertz CT molecular complexity index is 416. The third-order valence-corrected chi connectivity index (χ3v) is 4.69. The van der Waals surface area contributed by atoms with Gasteiger partial charge < -0.3 is 10.5 Å². The Morgan fingerprint density at radius 2 is 1.85 bits per heavy atom. The van der Waals surface area contributed by atoms with Crippen LogP contribution in [0.4, 0.5) is 0 Å². The Kier molecular flexibility index (Phi) is 4.71. The van der Waals surface area contributed by atoms with Gasteiger partial charge >= 0.3 is 0 Å². The summed E-state index contributed by atoms with van der Waals surface area (Å²) in [5.41, 5.74) is 8.35. The fraction of sp³-hybridized carbons (Fsp3) is 0.647. The third-order valence-electron chi connectivity index (χ3n) is 4.69. The smallest absolute Gasteiger partial charge is 0.0731 e. The lowest BCUT2D eigenvalue weighted by atomic mass is 9.90. The van der Waals surface area contributed by atoms with Gasteiger partial charge in [-0.15, -0.1) is 0 Å². The molecule has 110 valence electrons. The number of fused-ring (bicyclic) bond motifs is 1. The first-order valence-electron chi connectivity index (χ1n) is 8.00. The molecule has 0 aromatic heterocycles. The molecule has 2 N–H and O–H groups in total. The summed E-state index contributed by atoms with van der Waals surface area (Å²) in [6.45, 7) is 3.76. The van der Waals surface area contributed by atoms with Crippen LogP contribution in [0.1, 0.15) is 36.8 Å².